The normalized spacial score (nSPS) is 27.4. The fraction of sp³-hybridized carbons (Fsp3) is 0.286. The van der Waals surface area contributed by atoms with Crippen LogP contribution in [-0.2, 0) is 15.5 Å². The Morgan fingerprint density at radius 3 is 2.33 bits per heavy atom. The summed E-state index contributed by atoms with van der Waals surface area (Å²) in [4.78, 5) is 0. The second-order valence-electron chi connectivity index (χ2n) is 4.83. The smallest absolute Gasteiger partial charge is 0.272 e. The van der Waals surface area contributed by atoms with E-state index < -0.39 is 20.8 Å². The fourth-order valence-electron chi connectivity index (χ4n) is 2.30. The number of allylic oxidation sites excluding steroid dienone is 3. The van der Waals surface area contributed by atoms with Crippen LogP contribution >= 0.6 is 0 Å². The van der Waals surface area contributed by atoms with Crippen LogP contribution in [0.1, 0.15) is 18.1 Å². The Hall–Kier alpha value is -1.39. The minimum atomic E-state index is -4.13. The van der Waals surface area contributed by atoms with E-state index in [1.165, 1.54) is 6.08 Å². The maximum atomic E-state index is 11.5. The highest BCUT2D eigenvalue weighted by Gasteiger charge is 2.41. The van der Waals surface area contributed by atoms with Gasteiger partial charge in [-0.15, -0.1) is 0 Å². The molecule has 0 spiro atoms. The third-order valence-corrected chi connectivity index (χ3v) is 4.71. The summed E-state index contributed by atoms with van der Waals surface area (Å²) in [5, 5.41) is -0.947. The van der Waals surface area contributed by atoms with Gasteiger partial charge in [-0.25, -0.2) is 0 Å². The van der Waals surface area contributed by atoms with Gasteiger partial charge in [-0.2, -0.15) is 8.42 Å². The van der Waals surface area contributed by atoms with Crippen molar-refractivity contribution >= 4 is 10.1 Å². The molecule has 1 N–H and O–H groups in total. The zero-order chi connectivity index (χ0) is 13.4. The largest absolute Gasteiger partial charge is 0.285 e. The number of benzene rings is 1. The number of rotatable bonds is 2. The molecular weight excluding hydrogens is 248 g/mol. The van der Waals surface area contributed by atoms with Crippen LogP contribution in [0.15, 0.2) is 48.6 Å². The molecule has 0 bridgehead atoms. The highest BCUT2D eigenvalue weighted by Crippen LogP contribution is 2.36. The molecule has 2 atom stereocenters. The summed E-state index contributed by atoms with van der Waals surface area (Å²) in [6.45, 7) is 3.79. The van der Waals surface area contributed by atoms with Crippen LogP contribution in [0, 0.1) is 6.92 Å². The lowest BCUT2D eigenvalue weighted by molar-refractivity contribution is 0.450. The Morgan fingerprint density at radius 2 is 1.78 bits per heavy atom. The predicted molar refractivity (Wildman–Crippen MR) is 72.1 cm³/mol. The van der Waals surface area contributed by atoms with E-state index >= 15 is 0 Å². The van der Waals surface area contributed by atoms with Crippen LogP contribution in [0.2, 0.25) is 0 Å². The summed E-state index contributed by atoms with van der Waals surface area (Å²) >= 11 is 0. The standard InChI is InChI=1S/C14H16O3S/c1-11-6-8-12(9-7-11)14(2)10-4-3-5-13(14)18(15,16)17/h3-10,13H,1-2H3,(H,15,16,17). The molecule has 1 aromatic rings. The van der Waals surface area contributed by atoms with Gasteiger partial charge in [0.1, 0.15) is 5.25 Å². The second kappa shape index (κ2) is 4.37. The third-order valence-electron chi connectivity index (χ3n) is 3.42. The lowest BCUT2D eigenvalue weighted by atomic mass is 9.77. The molecule has 1 aliphatic rings. The van der Waals surface area contributed by atoms with Crippen molar-refractivity contribution in [3.63, 3.8) is 0 Å². The average Bonchev–Trinajstić information content (AvgIpc) is 2.28. The molecule has 0 saturated carbocycles. The van der Waals surface area contributed by atoms with Crippen LogP contribution in [-0.4, -0.2) is 18.2 Å². The Kier molecular flexibility index (Phi) is 3.17. The topological polar surface area (TPSA) is 54.4 Å². The molecule has 1 aromatic carbocycles. The van der Waals surface area contributed by atoms with Crippen molar-refractivity contribution in [2.75, 3.05) is 0 Å². The van der Waals surface area contributed by atoms with Gasteiger partial charge in [0.15, 0.2) is 0 Å². The van der Waals surface area contributed by atoms with E-state index in [0.29, 0.717) is 0 Å². The van der Waals surface area contributed by atoms with Gasteiger partial charge in [-0.05, 0) is 12.5 Å². The van der Waals surface area contributed by atoms with Crippen molar-refractivity contribution < 1.29 is 13.0 Å². The Labute approximate surface area is 108 Å². The second-order valence-corrected chi connectivity index (χ2v) is 6.37. The molecule has 0 radical (unpaired) electrons. The van der Waals surface area contributed by atoms with E-state index in [2.05, 4.69) is 0 Å². The van der Waals surface area contributed by atoms with Gasteiger partial charge in [0.2, 0.25) is 0 Å². The highest BCUT2D eigenvalue weighted by molar-refractivity contribution is 7.86. The monoisotopic (exact) mass is 264 g/mol. The van der Waals surface area contributed by atoms with Gasteiger partial charge in [0.05, 0.1) is 0 Å². The van der Waals surface area contributed by atoms with E-state index in [4.69, 9.17) is 0 Å². The molecule has 1 aliphatic carbocycles. The number of hydrogen-bond donors (Lipinski definition) is 1. The van der Waals surface area contributed by atoms with E-state index in [1.54, 1.807) is 6.08 Å². The molecule has 96 valence electrons. The minimum Gasteiger partial charge on any atom is -0.285 e. The lowest BCUT2D eigenvalue weighted by Crippen LogP contribution is -2.40. The molecule has 2 rings (SSSR count). The van der Waals surface area contributed by atoms with Crippen molar-refractivity contribution in [3.05, 3.63) is 59.7 Å². The molecule has 2 unspecified atom stereocenters. The van der Waals surface area contributed by atoms with E-state index in [-0.39, 0.29) is 0 Å². The maximum absolute atomic E-state index is 11.5. The average molecular weight is 264 g/mol. The summed E-state index contributed by atoms with van der Waals surface area (Å²) < 4.78 is 32.4. The highest BCUT2D eigenvalue weighted by atomic mass is 32.2. The van der Waals surface area contributed by atoms with Gasteiger partial charge in [0, 0.05) is 5.41 Å². The van der Waals surface area contributed by atoms with Crippen molar-refractivity contribution in [3.8, 4) is 0 Å². The van der Waals surface area contributed by atoms with Crippen LogP contribution < -0.4 is 0 Å². The molecule has 0 fully saturated rings. The van der Waals surface area contributed by atoms with E-state index in [9.17, 15) is 13.0 Å². The zero-order valence-electron chi connectivity index (χ0n) is 10.4. The first kappa shape index (κ1) is 13.1. The third kappa shape index (κ3) is 2.26. The minimum absolute atomic E-state index is 0.740. The van der Waals surface area contributed by atoms with Crippen LogP contribution in [0.4, 0.5) is 0 Å². The molecule has 3 nitrogen and oxygen atoms in total. The Balaban J connectivity index is 2.54. The molecular formula is C14H16O3S. The quantitative estimate of drug-likeness (QED) is 0.835. The summed E-state index contributed by atoms with van der Waals surface area (Å²) in [6.07, 6.45) is 6.79. The van der Waals surface area contributed by atoms with Crippen molar-refractivity contribution in [2.45, 2.75) is 24.5 Å². The molecule has 0 aliphatic heterocycles. The first-order valence-corrected chi connectivity index (χ1v) is 7.24. The first-order valence-electron chi connectivity index (χ1n) is 5.73. The van der Waals surface area contributed by atoms with Gasteiger partial charge in [0.25, 0.3) is 10.1 Å². The van der Waals surface area contributed by atoms with Crippen LogP contribution in [0.25, 0.3) is 0 Å². The van der Waals surface area contributed by atoms with Crippen molar-refractivity contribution in [1.82, 2.24) is 0 Å². The molecule has 4 heteroatoms. The molecule has 0 saturated heterocycles. The first-order chi connectivity index (χ1) is 8.34. The molecule has 0 aromatic heterocycles. The zero-order valence-corrected chi connectivity index (χ0v) is 11.2. The van der Waals surface area contributed by atoms with Gasteiger partial charge < -0.3 is 0 Å². The fourth-order valence-corrected chi connectivity index (χ4v) is 3.42. The Bertz CT molecular complexity index is 596. The molecule has 0 amide bonds. The summed E-state index contributed by atoms with van der Waals surface area (Å²) in [5.41, 5.74) is 1.24. The van der Waals surface area contributed by atoms with Crippen molar-refractivity contribution in [1.29, 1.82) is 0 Å². The SMILES string of the molecule is Cc1ccc(C2(C)C=CC=CC2S(=O)(=O)O)cc1. The Morgan fingerprint density at radius 1 is 1.17 bits per heavy atom. The van der Waals surface area contributed by atoms with E-state index in [0.717, 1.165) is 11.1 Å². The summed E-state index contributed by atoms with van der Waals surface area (Å²) in [7, 11) is -4.13. The maximum Gasteiger partial charge on any atom is 0.272 e. The number of aryl methyl sites for hydroxylation is 1. The summed E-state index contributed by atoms with van der Waals surface area (Å²) in [5.74, 6) is 0. The predicted octanol–water partition coefficient (Wildman–Crippen LogP) is 2.64. The van der Waals surface area contributed by atoms with E-state index in [1.807, 2.05) is 50.3 Å². The lowest BCUT2D eigenvalue weighted by Gasteiger charge is -2.33. The van der Waals surface area contributed by atoms with Crippen LogP contribution in [0.3, 0.4) is 0 Å². The molecule has 0 heterocycles. The van der Waals surface area contributed by atoms with Gasteiger partial charge >= 0.3 is 0 Å². The van der Waals surface area contributed by atoms with Crippen LogP contribution in [0.5, 0.6) is 0 Å². The van der Waals surface area contributed by atoms with Gasteiger partial charge in [-0.1, -0.05) is 61.1 Å². The van der Waals surface area contributed by atoms with Crippen molar-refractivity contribution in [2.24, 2.45) is 0 Å². The molecule has 18 heavy (non-hydrogen) atoms. The van der Waals surface area contributed by atoms with Gasteiger partial charge in [-0.3, -0.25) is 4.55 Å². The summed E-state index contributed by atoms with van der Waals surface area (Å²) in [6, 6.07) is 7.68. The number of hydrogen-bond acceptors (Lipinski definition) is 2.